The fraction of sp³-hybridized carbons (Fsp3) is 0.240. The van der Waals surface area contributed by atoms with Gasteiger partial charge >= 0.3 is 11.9 Å². The van der Waals surface area contributed by atoms with Crippen molar-refractivity contribution in [3.8, 4) is 0 Å². The average molecular weight is 484 g/mol. The molecule has 170 valence electrons. The van der Waals surface area contributed by atoms with Gasteiger partial charge in [-0.2, -0.15) is 0 Å². The molecule has 2 aromatic carbocycles. The molecule has 0 radical (unpaired) electrons. The number of esters is 2. The fourth-order valence-electron chi connectivity index (χ4n) is 3.74. The number of nitrogens with one attached hydrogen (secondary N) is 1. The zero-order valence-electron chi connectivity index (χ0n) is 18.4. The molecule has 0 saturated heterocycles. The first-order chi connectivity index (χ1) is 15.8. The van der Waals surface area contributed by atoms with Crippen molar-refractivity contribution in [3.05, 3.63) is 85.7 Å². The molecule has 3 aromatic rings. The summed E-state index contributed by atoms with van der Waals surface area (Å²) >= 11 is 7.29. The quantitative estimate of drug-likeness (QED) is 0.457. The highest BCUT2D eigenvalue weighted by Crippen LogP contribution is 2.34. The van der Waals surface area contributed by atoms with Crippen LogP contribution in [0.15, 0.2) is 42.5 Å². The Labute approximate surface area is 200 Å². The van der Waals surface area contributed by atoms with E-state index in [1.165, 1.54) is 11.3 Å². The molecular formula is C25H22ClNO5S. The lowest BCUT2D eigenvalue weighted by atomic mass is 9.93. The molecule has 0 unspecified atom stereocenters. The molecule has 0 aliphatic carbocycles. The maximum Gasteiger partial charge on any atom is 0.341 e. The van der Waals surface area contributed by atoms with Crippen molar-refractivity contribution in [1.82, 2.24) is 0 Å². The maximum absolute atomic E-state index is 13.0. The number of anilines is 1. The second kappa shape index (κ2) is 9.37. The Morgan fingerprint density at radius 2 is 1.91 bits per heavy atom. The van der Waals surface area contributed by atoms with Crippen LogP contribution in [0.25, 0.3) is 0 Å². The second-order valence-electron chi connectivity index (χ2n) is 7.68. The number of thiophene rings is 1. The van der Waals surface area contributed by atoms with Gasteiger partial charge in [0.25, 0.3) is 5.91 Å². The van der Waals surface area contributed by atoms with Crippen molar-refractivity contribution in [2.45, 2.75) is 33.3 Å². The molecular weight excluding hydrogens is 462 g/mol. The van der Waals surface area contributed by atoms with E-state index in [0.29, 0.717) is 33.1 Å². The first-order valence-electron chi connectivity index (χ1n) is 10.5. The molecule has 2 heterocycles. The standard InChI is InChI=1S/C25H22ClNO5S/c1-4-31-25(30)21-13(2)14(3)33-23(21)27-22(28)16-7-10-19-17(11-16)12-20(32-24(19)29)15-5-8-18(26)9-6-15/h5-11,20H,4,12H2,1-3H3,(H,27,28)/t20-/m1/s1. The minimum Gasteiger partial charge on any atom is -0.462 e. The maximum atomic E-state index is 13.0. The molecule has 0 bridgehead atoms. The van der Waals surface area contributed by atoms with Crippen LogP contribution in [0.4, 0.5) is 5.00 Å². The van der Waals surface area contributed by atoms with E-state index in [2.05, 4.69) is 5.32 Å². The van der Waals surface area contributed by atoms with Gasteiger partial charge in [0.1, 0.15) is 11.1 Å². The SMILES string of the molecule is CCOC(=O)c1c(NC(=O)c2ccc3c(c2)C[C@H](c2ccc(Cl)cc2)OC3=O)sc(C)c1C. The molecule has 1 aliphatic rings. The van der Waals surface area contributed by atoms with Gasteiger partial charge in [0, 0.05) is 21.9 Å². The number of fused-ring (bicyclic) bond motifs is 1. The van der Waals surface area contributed by atoms with Crippen LogP contribution in [-0.4, -0.2) is 24.5 Å². The number of hydrogen-bond donors (Lipinski definition) is 1. The normalized spacial score (nSPS) is 14.9. The number of amides is 1. The lowest BCUT2D eigenvalue weighted by Crippen LogP contribution is -2.23. The molecule has 4 rings (SSSR count). The number of carbonyl (C=O) groups is 3. The minimum atomic E-state index is -0.464. The molecule has 6 nitrogen and oxygen atoms in total. The van der Waals surface area contributed by atoms with Crippen molar-refractivity contribution < 1.29 is 23.9 Å². The Hall–Kier alpha value is -3.16. The van der Waals surface area contributed by atoms with E-state index in [-0.39, 0.29) is 12.5 Å². The fourth-order valence-corrected chi connectivity index (χ4v) is 4.91. The van der Waals surface area contributed by atoms with Gasteiger partial charge in [0.05, 0.1) is 17.7 Å². The van der Waals surface area contributed by atoms with Crippen molar-refractivity contribution in [2.24, 2.45) is 0 Å². The first-order valence-corrected chi connectivity index (χ1v) is 11.7. The van der Waals surface area contributed by atoms with E-state index < -0.39 is 18.0 Å². The topological polar surface area (TPSA) is 81.7 Å². The van der Waals surface area contributed by atoms with Crippen LogP contribution in [0.2, 0.25) is 5.02 Å². The Bertz CT molecular complexity index is 1250. The van der Waals surface area contributed by atoms with Crippen LogP contribution >= 0.6 is 22.9 Å². The Balaban J connectivity index is 1.60. The van der Waals surface area contributed by atoms with Crippen molar-refractivity contribution in [2.75, 3.05) is 11.9 Å². The molecule has 1 aliphatic heterocycles. The number of halogens is 1. The predicted octanol–water partition coefficient (Wildman–Crippen LogP) is 5.90. The Morgan fingerprint density at radius 3 is 2.61 bits per heavy atom. The van der Waals surface area contributed by atoms with Crippen molar-refractivity contribution >= 4 is 45.8 Å². The summed E-state index contributed by atoms with van der Waals surface area (Å²) in [4.78, 5) is 38.9. The summed E-state index contributed by atoms with van der Waals surface area (Å²) in [6, 6.07) is 12.0. The monoisotopic (exact) mass is 483 g/mol. The second-order valence-corrected chi connectivity index (χ2v) is 9.34. The van der Waals surface area contributed by atoms with Crippen LogP contribution in [0, 0.1) is 13.8 Å². The first kappa shape index (κ1) is 23.0. The zero-order chi connectivity index (χ0) is 23.7. The predicted molar refractivity (Wildman–Crippen MR) is 127 cm³/mol. The van der Waals surface area contributed by atoms with E-state index in [1.54, 1.807) is 37.3 Å². The largest absolute Gasteiger partial charge is 0.462 e. The van der Waals surface area contributed by atoms with E-state index in [1.807, 2.05) is 26.0 Å². The third-order valence-electron chi connectivity index (χ3n) is 5.58. The van der Waals surface area contributed by atoms with E-state index >= 15 is 0 Å². The minimum absolute atomic E-state index is 0.246. The molecule has 33 heavy (non-hydrogen) atoms. The van der Waals surface area contributed by atoms with Crippen molar-refractivity contribution in [1.29, 1.82) is 0 Å². The lowest BCUT2D eigenvalue weighted by Gasteiger charge is -2.25. The van der Waals surface area contributed by atoms with Crippen LogP contribution < -0.4 is 5.32 Å². The van der Waals surface area contributed by atoms with E-state index in [9.17, 15) is 14.4 Å². The zero-order valence-corrected chi connectivity index (χ0v) is 19.9. The van der Waals surface area contributed by atoms with E-state index in [0.717, 1.165) is 21.6 Å². The number of ether oxygens (including phenoxy) is 2. The van der Waals surface area contributed by atoms with Gasteiger partial charge in [-0.1, -0.05) is 23.7 Å². The van der Waals surface area contributed by atoms with Gasteiger partial charge in [0.2, 0.25) is 0 Å². The van der Waals surface area contributed by atoms with Crippen LogP contribution in [0.3, 0.4) is 0 Å². The highest BCUT2D eigenvalue weighted by Gasteiger charge is 2.29. The van der Waals surface area contributed by atoms with Crippen molar-refractivity contribution in [3.63, 3.8) is 0 Å². The van der Waals surface area contributed by atoms with Gasteiger partial charge in [-0.3, -0.25) is 4.79 Å². The summed E-state index contributed by atoms with van der Waals surface area (Å²) in [5, 5.41) is 3.89. The summed E-state index contributed by atoms with van der Waals surface area (Å²) < 4.78 is 10.7. The van der Waals surface area contributed by atoms with Gasteiger partial charge in [-0.25, -0.2) is 9.59 Å². The Morgan fingerprint density at radius 1 is 1.18 bits per heavy atom. The van der Waals surface area contributed by atoms with Gasteiger partial charge < -0.3 is 14.8 Å². The summed E-state index contributed by atoms with van der Waals surface area (Å²) in [6.45, 7) is 5.70. The number of hydrogen-bond acceptors (Lipinski definition) is 6. The smallest absolute Gasteiger partial charge is 0.341 e. The van der Waals surface area contributed by atoms with Crippen LogP contribution in [0.5, 0.6) is 0 Å². The van der Waals surface area contributed by atoms with Gasteiger partial charge in [0.15, 0.2) is 0 Å². The third-order valence-corrected chi connectivity index (χ3v) is 6.95. The number of cyclic esters (lactones) is 1. The molecule has 1 amide bonds. The number of carbonyl (C=O) groups excluding carboxylic acids is 3. The number of rotatable bonds is 5. The molecule has 0 spiro atoms. The molecule has 0 saturated carbocycles. The van der Waals surface area contributed by atoms with Gasteiger partial charge in [-0.05, 0) is 67.8 Å². The number of aryl methyl sites for hydroxylation is 1. The summed E-state index contributed by atoms with van der Waals surface area (Å²) in [6.07, 6.45) is -0.0200. The Kier molecular flexibility index (Phi) is 6.54. The van der Waals surface area contributed by atoms with Gasteiger partial charge in [-0.15, -0.1) is 11.3 Å². The number of benzene rings is 2. The molecule has 1 N–H and O–H groups in total. The summed E-state index contributed by atoms with van der Waals surface area (Å²) in [5.74, 6) is -1.27. The third kappa shape index (κ3) is 4.65. The molecule has 1 aromatic heterocycles. The molecule has 0 fully saturated rings. The van der Waals surface area contributed by atoms with Crippen LogP contribution in [0.1, 0.15) is 65.7 Å². The summed E-state index contributed by atoms with van der Waals surface area (Å²) in [7, 11) is 0. The average Bonchev–Trinajstić information content (AvgIpc) is 3.06. The van der Waals surface area contributed by atoms with E-state index in [4.69, 9.17) is 21.1 Å². The molecule has 8 heteroatoms. The van der Waals surface area contributed by atoms with Crippen LogP contribution in [-0.2, 0) is 15.9 Å². The lowest BCUT2D eigenvalue weighted by molar-refractivity contribution is 0.0252. The molecule has 1 atom stereocenters. The highest BCUT2D eigenvalue weighted by atomic mass is 35.5. The highest BCUT2D eigenvalue weighted by molar-refractivity contribution is 7.16. The summed E-state index contributed by atoms with van der Waals surface area (Å²) in [5.41, 5.74) is 3.54.